The van der Waals surface area contributed by atoms with Crippen molar-refractivity contribution in [1.82, 2.24) is 9.62 Å². The molecule has 7 heteroatoms. The monoisotopic (exact) mass is 416 g/mol. The molecule has 1 amide bonds. The summed E-state index contributed by atoms with van der Waals surface area (Å²) in [7, 11) is -3.63. The number of carbonyl (C=O) groups excluding carboxylic acids is 1. The predicted molar refractivity (Wildman–Crippen MR) is 113 cm³/mol. The van der Waals surface area contributed by atoms with Gasteiger partial charge in [-0.25, -0.2) is 13.2 Å². The quantitative estimate of drug-likeness (QED) is 0.816. The van der Waals surface area contributed by atoms with E-state index in [4.69, 9.17) is 4.74 Å². The highest BCUT2D eigenvalue weighted by atomic mass is 32.2. The van der Waals surface area contributed by atoms with Gasteiger partial charge in [0.05, 0.1) is 4.90 Å². The van der Waals surface area contributed by atoms with Crippen LogP contribution in [0.3, 0.4) is 0 Å². The highest BCUT2D eigenvalue weighted by Gasteiger charge is 2.32. The van der Waals surface area contributed by atoms with Crippen LogP contribution in [0.5, 0.6) is 0 Å². The number of carbonyl (C=O) groups is 1. The molecule has 156 valence electrons. The zero-order valence-corrected chi connectivity index (χ0v) is 17.9. The number of nitrogens with one attached hydrogen (secondary N) is 1. The van der Waals surface area contributed by atoms with E-state index in [0.717, 1.165) is 5.56 Å². The fourth-order valence-electron chi connectivity index (χ4n) is 3.40. The first kappa shape index (κ1) is 21.3. The Morgan fingerprint density at radius 3 is 2.21 bits per heavy atom. The van der Waals surface area contributed by atoms with Crippen LogP contribution in [-0.2, 0) is 14.8 Å². The molecule has 0 aliphatic carbocycles. The molecule has 3 rings (SSSR count). The van der Waals surface area contributed by atoms with Crippen LogP contribution in [0, 0.1) is 0 Å². The van der Waals surface area contributed by atoms with E-state index in [-0.39, 0.29) is 6.04 Å². The number of ether oxygens (including phenoxy) is 1. The maximum Gasteiger partial charge on any atom is 0.407 e. The van der Waals surface area contributed by atoms with Gasteiger partial charge in [-0.1, -0.05) is 48.5 Å². The number of nitrogens with zero attached hydrogens (tertiary/aromatic N) is 1. The van der Waals surface area contributed by atoms with Gasteiger partial charge in [0.2, 0.25) is 10.0 Å². The van der Waals surface area contributed by atoms with E-state index in [2.05, 4.69) is 5.32 Å². The molecule has 0 saturated carbocycles. The molecule has 0 radical (unpaired) electrons. The van der Waals surface area contributed by atoms with Crippen LogP contribution in [0.2, 0.25) is 0 Å². The molecule has 1 saturated heterocycles. The van der Waals surface area contributed by atoms with E-state index in [1.54, 1.807) is 12.1 Å². The van der Waals surface area contributed by atoms with E-state index in [9.17, 15) is 13.2 Å². The smallest absolute Gasteiger partial charge is 0.407 e. The van der Waals surface area contributed by atoms with Crippen molar-refractivity contribution in [1.29, 1.82) is 0 Å². The molecular weight excluding hydrogens is 388 g/mol. The van der Waals surface area contributed by atoms with Crippen LogP contribution >= 0.6 is 0 Å². The number of hydrogen-bond donors (Lipinski definition) is 1. The lowest BCUT2D eigenvalue weighted by atomic mass is 10.1. The van der Waals surface area contributed by atoms with Crippen molar-refractivity contribution < 1.29 is 17.9 Å². The first-order valence-electron chi connectivity index (χ1n) is 9.81. The molecule has 0 bridgehead atoms. The Morgan fingerprint density at radius 2 is 1.59 bits per heavy atom. The van der Waals surface area contributed by atoms with Crippen molar-refractivity contribution in [2.75, 3.05) is 13.1 Å². The summed E-state index contributed by atoms with van der Waals surface area (Å²) < 4.78 is 33.4. The first-order chi connectivity index (χ1) is 13.7. The largest absolute Gasteiger partial charge is 0.444 e. The van der Waals surface area contributed by atoms with E-state index in [0.29, 0.717) is 36.4 Å². The fraction of sp³-hybridized carbons (Fsp3) is 0.409. The van der Waals surface area contributed by atoms with Crippen LogP contribution in [0.1, 0.15) is 33.6 Å². The van der Waals surface area contributed by atoms with Crippen molar-refractivity contribution in [2.45, 2.75) is 50.2 Å². The summed E-state index contributed by atoms with van der Waals surface area (Å²) in [6, 6.07) is 16.5. The van der Waals surface area contributed by atoms with Crippen LogP contribution in [0.25, 0.3) is 11.1 Å². The number of alkyl carbamates (subject to hydrolysis) is 1. The number of hydrogen-bond acceptors (Lipinski definition) is 4. The molecule has 1 heterocycles. The molecular formula is C22H28N2O4S. The second-order valence-electron chi connectivity index (χ2n) is 8.19. The van der Waals surface area contributed by atoms with Crippen molar-refractivity contribution >= 4 is 16.1 Å². The summed E-state index contributed by atoms with van der Waals surface area (Å²) in [6.07, 6.45) is 0.631. The second kappa shape index (κ2) is 8.55. The lowest BCUT2D eigenvalue weighted by Crippen LogP contribution is -2.47. The molecule has 1 fully saturated rings. The van der Waals surface area contributed by atoms with Gasteiger partial charge < -0.3 is 10.1 Å². The zero-order chi connectivity index (χ0) is 21.1. The minimum atomic E-state index is -3.63. The minimum Gasteiger partial charge on any atom is -0.444 e. The van der Waals surface area contributed by atoms with Gasteiger partial charge in [0.15, 0.2) is 0 Å². The van der Waals surface area contributed by atoms with Gasteiger partial charge in [-0.15, -0.1) is 0 Å². The third-order valence-electron chi connectivity index (χ3n) is 4.76. The van der Waals surface area contributed by atoms with Crippen molar-refractivity contribution in [2.24, 2.45) is 0 Å². The number of rotatable bonds is 4. The molecule has 2 aromatic rings. The van der Waals surface area contributed by atoms with Gasteiger partial charge in [0, 0.05) is 24.7 Å². The Kier molecular flexibility index (Phi) is 6.29. The molecule has 29 heavy (non-hydrogen) atoms. The molecule has 1 aliphatic heterocycles. The summed E-state index contributed by atoms with van der Waals surface area (Å²) >= 11 is 0. The fourth-order valence-corrected chi connectivity index (χ4v) is 5.09. The summed E-state index contributed by atoms with van der Waals surface area (Å²) in [4.78, 5) is 12.3. The average molecular weight is 417 g/mol. The zero-order valence-electron chi connectivity index (χ0n) is 17.1. The van der Waals surface area contributed by atoms with Crippen molar-refractivity contribution in [3.8, 4) is 11.1 Å². The first-order valence-corrected chi connectivity index (χ1v) is 11.2. The van der Waals surface area contributed by atoms with Crippen molar-refractivity contribution in [3.63, 3.8) is 0 Å². The second-order valence-corrected chi connectivity index (χ2v) is 10.1. The molecule has 0 atom stereocenters. The lowest BCUT2D eigenvalue weighted by molar-refractivity contribution is 0.0489. The Balaban J connectivity index is 1.71. The summed E-state index contributed by atoms with van der Waals surface area (Å²) in [5.74, 6) is 0. The number of sulfonamides is 1. The average Bonchev–Trinajstić information content (AvgIpc) is 2.67. The summed E-state index contributed by atoms with van der Waals surface area (Å²) in [5, 5.41) is 2.84. The van der Waals surface area contributed by atoms with Gasteiger partial charge in [0.25, 0.3) is 0 Å². The van der Waals surface area contributed by atoms with Gasteiger partial charge in [-0.05, 0) is 45.2 Å². The van der Waals surface area contributed by atoms with E-state index >= 15 is 0 Å². The van der Waals surface area contributed by atoms with E-state index in [1.165, 1.54) is 4.31 Å². The third kappa shape index (κ3) is 5.36. The SMILES string of the molecule is CC(C)(C)OC(=O)NC1CCN(S(=O)(=O)c2ccccc2-c2ccccc2)CC1. The summed E-state index contributed by atoms with van der Waals surface area (Å²) in [6.45, 7) is 6.14. The van der Waals surface area contributed by atoms with E-state index in [1.807, 2.05) is 63.2 Å². The predicted octanol–water partition coefficient (Wildman–Crippen LogP) is 4.03. The Hall–Kier alpha value is -2.38. The molecule has 6 nitrogen and oxygen atoms in total. The molecule has 1 aliphatic rings. The Morgan fingerprint density at radius 1 is 1.00 bits per heavy atom. The molecule has 0 unspecified atom stereocenters. The van der Waals surface area contributed by atoms with Crippen LogP contribution in [0.4, 0.5) is 4.79 Å². The van der Waals surface area contributed by atoms with Gasteiger partial charge in [-0.3, -0.25) is 0 Å². The Labute approximate surface area is 172 Å². The van der Waals surface area contributed by atoms with E-state index < -0.39 is 21.7 Å². The van der Waals surface area contributed by atoms with Gasteiger partial charge in [0.1, 0.15) is 5.60 Å². The third-order valence-corrected chi connectivity index (χ3v) is 6.72. The number of amides is 1. The minimum absolute atomic E-state index is 0.0966. The lowest BCUT2D eigenvalue weighted by Gasteiger charge is -2.32. The highest BCUT2D eigenvalue weighted by Crippen LogP contribution is 2.30. The number of benzene rings is 2. The van der Waals surface area contributed by atoms with Crippen LogP contribution in [0.15, 0.2) is 59.5 Å². The van der Waals surface area contributed by atoms with Gasteiger partial charge in [-0.2, -0.15) is 4.31 Å². The molecule has 0 aromatic heterocycles. The maximum atomic E-state index is 13.3. The number of piperidine rings is 1. The maximum absolute atomic E-state index is 13.3. The molecule has 1 N–H and O–H groups in total. The Bertz CT molecular complexity index is 944. The molecule has 2 aromatic carbocycles. The summed E-state index contributed by atoms with van der Waals surface area (Å²) in [5.41, 5.74) is 1.00. The normalized spacial score (nSPS) is 16.4. The topological polar surface area (TPSA) is 75.7 Å². The highest BCUT2D eigenvalue weighted by molar-refractivity contribution is 7.89. The molecule has 0 spiro atoms. The van der Waals surface area contributed by atoms with Crippen LogP contribution in [-0.4, -0.2) is 43.5 Å². The standard InChI is InChI=1S/C22H28N2O4S/c1-22(2,3)28-21(25)23-18-13-15-24(16-14-18)29(26,27)20-12-8-7-11-19(20)17-9-5-4-6-10-17/h4-12,18H,13-16H2,1-3H3,(H,23,25). The van der Waals surface area contributed by atoms with Crippen LogP contribution < -0.4 is 5.32 Å². The van der Waals surface area contributed by atoms with Crippen molar-refractivity contribution in [3.05, 3.63) is 54.6 Å². The van der Waals surface area contributed by atoms with Gasteiger partial charge >= 0.3 is 6.09 Å².